The van der Waals surface area contributed by atoms with E-state index in [0.717, 1.165) is 19.4 Å². The van der Waals surface area contributed by atoms with Crippen LogP contribution < -0.4 is 4.74 Å². The molecule has 2 aliphatic rings. The van der Waals surface area contributed by atoms with Crippen LogP contribution in [0, 0.1) is 5.82 Å². The summed E-state index contributed by atoms with van der Waals surface area (Å²) in [7, 11) is 0. The van der Waals surface area contributed by atoms with Crippen molar-refractivity contribution in [2.45, 2.75) is 36.0 Å². The zero-order valence-electron chi connectivity index (χ0n) is 13.8. The minimum atomic E-state index is -0.817. The standard InChI is InChI=1S/C17H18ClF2N3OS/c1-25-15-12-5-10(18)6-13(20)14(12)21-16(22-15)24-9-17-3-2-4-23(17)8-11(19)7-17/h5-6,11H,2-4,7-9H2,1H3/t11-,17+/m1/s1. The maximum atomic E-state index is 14.3. The molecule has 2 aromatic rings. The quantitative estimate of drug-likeness (QED) is 0.585. The van der Waals surface area contributed by atoms with Crippen molar-refractivity contribution in [2.75, 3.05) is 26.0 Å². The second-order valence-electron chi connectivity index (χ2n) is 6.66. The molecular formula is C17H18ClF2N3OS. The van der Waals surface area contributed by atoms with Gasteiger partial charge in [-0.25, -0.2) is 8.78 Å². The highest BCUT2D eigenvalue weighted by Gasteiger charge is 2.49. The molecule has 0 unspecified atom stereocenters. The highest BCUT2D eigenvalue weighted by Crippen LogP contribution is 2.40. The lowest BCUT2D eigenvalue weighted by molar-refractivity contribution is 0.107. The summed E-state index contributed by atoms with van der Waals surface area (Å²) >= 11 is 7.32. The molecule has 1 aromatic heterocycles. The van der Waals surface area contributed by atoms with Crippen LogP contribution in [0.5, 0.6) is 6.01 Å². The van der Waals surface area contributed by atoms with Gasteiger partial charge in [0.1, 0.15) is 23.3 Å². The van der Waals surface area contributed by atoms with Crippen molar-refractivity contribution < 1.29 is 13.5 Å². The van der Waals surface area contributed by atoms with Crippen molar-refractivity contribution in [3.63, 3.8) is 0 Å². The molecule has 4 rings (SSSR count). The summed E-state index contributed by atoms with van der Waals surface area (Å²) in [4.78, 5) is 10.8. The first-order chi connectivity index (χ1) is 12.0. The summed E-state index contributed by atoms with van der Waals surface area (Å²) in [6.07, 6.45) is 3.45. The van der Waals surface area contributed by atoms with Crippen LogP contribution in [0.15, 0.2) is 17.2 Å². The van der Waals surface area contributed by atoms with E-state index in [2.05, 4.69) is 14.9 Å². The molecule has 0 spiro atoms. The highest BCUT2D eigenvalue weighted by molar-refractivity contribution is 7.98. The average molecular weight is 386 g/mol. The number of alkyl halides is 1. The summed E-state index contributed by atoms with van der Waals surface area (Å²) in [6, 6.07) is 3.01. The summed E-state index contributed by atoms with van der Waals surface area (Å²) in [6.45, 7) is 1.68. The molecule has 0 amide bonds. The molecule has 8 heteroatoms. The molecule has 2 atom stereocenters. The number of hydrogen-bond acceptors (Lipinski definition) is 5. The Morgan fingerprint density at radius 2 is 2.28 bits per heavy atom. The normalized spacial score (nSPS) is 26.3. The number of rotatable bonds is 4. The summed E-state index contributed by atoms with van der Waals surface area (Å²) in [5, 5.41) is 1.48. The summed E-state index contributed by atoms with van der Waals surface area (Å²) < 4.78 is 33.9. The lowest BCUT2D eigenvalue weighted by Crippen LogP contribution is -2.43. The number of thioether (sulfide) groups is 1. The Balaban J connectivity index is 1.64. The molecule has 2 aliphatic heterocycles. The van der Waals surface area contributed by atoms with Crippen molar-refractivity contribution >= 4 is 34.3 Å². The lowest BCUT2D eigenvalue weighted by Gasteiger charge is -2.30. The fraction of sp³-hybridized carbons (Fsp3) is 0.529. The van der Waals surface area contributed by atoms with Gasteiger partial charge in [0.15, 0.2) is 5.82 Å². The van der Waals surface area contributed by atoms with E-state index in [1.807, 2.05) is 6.26 Å². The van der Waals surface area contributed by atoms with Gasteiger partial charge < -0.3 is 4.74 Å². The Kier molecular flexibility index (Phi) is 4.50. The number of aromatic nitrogens is 2. The van der Waals surface area contributed by atoms with Gasteiger partial charge in [-0.2, -0.15) is 9.97 Å². The van der Waals surface area contributed by atoms with Crippen LogP contribution >= 0.6 is 23.4 Å². The Labute approximate surface area is 153 Å². The minimum absolute atomic E-state index is 0.126. The van der Waals surface area contributed by atoms with Crippen LogP contribution in [0.4, 0.5) is 8.78 Å². The van der Waals surface area contributed by atoms with Crippen molar-refractivity contribution in [1.29, 1.82) is 0 Å². The molecule has 1 aromatic carbocycles. The van der Waals surface area contributed by atoms with Crippen molar-refractivity contribution in [3.8, 4) is 6.01 Å². The third-order valence-corrected chi connectivity index (χ3v) is 6.00. The molecule has 0 aliphatic carbocycles. The van der Waals surface area contributed by atoms with Gasteiger partial charge in [0.2, 0.25) is 0 Å². The van der Waals surface area contributed by atoms with E-state index < -0.39 is 12.0 Å². The lowest BCUT2D eigenvalue weighted by atomic mass is 9.95. The van der Waals surface area contributed by atoms with Gasteiger partial charge in [-0.3, -0.25) is 4.90 Å². The van der Waals surface area contributed by atoms with E-state index in [-0.39, 0.29) is 17.1 Å². The third kappa shape index (κ3) is 3.06. The van der Waals surface area contributed by atoms with Gasteiger partial charge in [-0.1, -0.05) is 11.6 Å². The number of halogens is 3. The number of fused-ring (bicyclic) bond motifs is 2. The van der Waals surface area contributed by atoms with Gasteiger partial charge in [-0.15, -0.1) is 11.8 Å². The number of ether oxygens (including phenoxy) is 1. The molecule has 0 saturated carbocycles. The first-order valence-electron chi connectivity index (χ1n) is 8.23. The van der Waals surface area contributed by atoms with Gasteiger partial charge in [0.05, 0.1) is 5.54 Å². The predicted molar refractivity (Wildman–Crippen MR) is 94.8 cm³/mol. The number of benzene rings is 1. The first kappa shape index (κ1) is 17.2. The molecule has 0 radical (unpaired) electrons. The van der Waals surface area contributed by atoms with Crippen molar-refractivity contribution in [2.24, 2.45) is 0 Å². The number of nitrogens with zero attached hydrogens (tertiary/aromatic N) is 3. The highest BCUT2D eigenvalue weighted by atomic mass is 35.5. The van der Waals surface area contributed by atoms with Crippen LogP contribution in [-0.4, -0.2) is 52.5 Å². The van der Waals surface area contributed by atoms with E-state index in [1.54, 1.807) is 6.07 Å². The van der Waals surface area contributed by atoms with E-state index in [0.29, 0.717) is 35.0 Å². The van der Waals surface area contributed by atoms with E-state index >= 15 is 0 Å². The Morgan fingerprint density at radius 3 is 3.08 bits per heavy atom. The SMILES string of the molecule is CSc1nc(OC[C@@]23CCCN2C[C@H](F)C3)nc2c(F)cc(Cl)cc12. The maximum absolute atomic E-state index is 14.3. The predicted octanol–water partition coefficient (Wildman–Crippen LogP) is 4.10. The first-order valence-corrected chi connectivity index (χ1v) is 9.84. The van der Waals surface area contributed by atoms with Crippen LogP contribution in [0.1, 0.15) is 19.3 Å². The fourth-order valence-corrected chi connectivity index (χ4v) is 4.73. The van der Waals surface area contributed by atoms with Crippen LogP contribution in [0.3, 0.4) is 0 Å². The second kappa shape index (κ2) is 6.52. The maximum Gasteiger partial charge on any atom is 0.318 e. The van der Waals surface area contributed by atoms with Crippen LogP contribution in [0.2, 0.25) is 5.02 Å². The van der Waals surface area contributed by atoms with E-state index in [1.165, 1.54) is 17.8 Å². The third-order valence-electron chi connectivity index (χ3n) is 5.09. The van der Waals surface area contributed by atoms with Crippen LogP contribution in [0.25, 0.3) is 10.9 Å². The van der Waals surface area contributed by atoms with E-state index in [4.69, 9.17) is 16.3 Å². The van der Waals surface area contributed by atoms with Gasteiger partial charge in [-0.05, 0) is 37.8 Å². The molecule has 4 nitrogen and oxygen atoms in total. The monoisotopic (exact) mass is 385 g/mol. The molecular weight excluding hydrogens is 368 g/mol. The van der Waals surface area contributed by atoms with Gasteiger partial charge in [0.25, 0.3) is 0 Å². The summed E-state index contributed by atoms with van der Waals surface area (Å²) in [5.41, 5.74) is -0.0928. The fourth-order valence-electron chi connectivity index (χ4n) is 3.98. The molecule has 134 valence electrons. The zero-order valence-corrected chi connectivity index (χ0v) is 15.3. The Bertz CT molecular complexity index is 824. The van der Waals surface area contributed by atoms with Gasteiger partial charge >= 0.3 is 6.01 Å². The summed E-state index contributed by atoms with van der Waals surface area (Å²) in [5.74, 6) is -0.504. The smallest absolute Gasteiger partial charge is 0.318 e. The molecule has 2 fully saturated rings. The van der Waals surface area contributed by atoms with Crippen LogP contribution in [-0.2, 0) is 0 Å². The van der Waals surface area contributed by atoms with E-state index in [9.17, 15) is 8.78 Å². The largest absolute Gasteiger partial charge is 0.461 e. The topological polar surface area (TPSA) is 38.2 Å². The molecule has 0 bridgehead atoms. The Hall–Kier alpha value is -1.18. The average Bonchev–Trinajstić information content (AvgIpc) is 3.08. The zero-order chi connectivity index (χ0) is 17.6. The molecule has 2 saturated heterocycles. The van der Waals surface area contributed by atoms with Crippen molar-refractivity contribution in [3.05, 3.63) is 23.0 Å². The number of hydrogen-bond donors (Lipinski definition) is 0. The molecule has 0 N–H and O–H groups in total. The van der Waals surface area contributed by atoms with Crippen molar-refractivity contribution in [1.82, 2.24) is 14.9 Å². The minimum Gasteiger partial charge on any atom is -0.461 e. The van der Waals surface area contributed by atoms with Gasteiger partial charge in [0, 0.05) is 23.4 Å². The molecule has 25 heavy (non-hydrogen) atoms. The second-order valence-corrected chi connectivity index (χ2v) is 7.89. The Morgan fingerprint density at radius 1 is 1.44 bits per heavy atom. The molecule has 3 heterocycles.